The van der Waals surface area contributed by atoms with Gasteiger partial charge < -0.3 is 5.11 Å². The molecule has 0 saturated carbocycles. The number of hydrogen-bond donors (Lipinski definition) is 1. The molecule has 76 valence electrons. The number of carboxylic acid groups (broad SMARTS) is 1. The fraction of sp³-hybridized carbons (Fsp3) is 0.300. The van der Waals surface area contributed by atoms with Gasteiger partial charge in [-0.1, -0.05) is 11.6 Å². The highest BCUT2D eigenvalue weighted by Gasteiger charge is 2.14. The van der Waals surface area contributed by atoms with E-state index < -0.39 is 11.8 Å². The second-order valence-electron chi connectivity index (χ2n) is 3.16. The highest BCUT2D eigenvalue weighted by Crippen LogP contribution is 2.26. The molecule has 0 atom stereocenters. The summed E-state index contributed by atoms with van der Waals surface area (Å²) in [5, 5.41) is 8.53. The summed E-state index contributed by atoms with van der Waals surface area (Å²) in [6.45, 7) is 3.46. The molecule has 0 spiro atoms. The summed E-state index contributed by atoms with van der Waals surface area (Å²) in [6.07, 6.45) is -0.247. The molecule has 0 aromatic heterocycles. The average molecular weight is 217 g/mol. The number of rotatable bonds is 2. The molecule has 1 aromatic rings. The summed E-state index contributed by atoms with van der Waals surface area (Å²) in [5.41, 5.74) is 1.80. The Labute approximate surface area is 86.3 Å². The number of halogens is 2. The van der Waals surface area contributed by atoms with E-state index in [1.807, 2.05) is 0 Å². The molecule has 0 radical (unpaired) electrons. The molecule has 0 aliphatic carbocycles. The summed E-state index contributed by atoms with van der Waals surface area (Å²) in [6, 6.07) is 1.31. The van der Waals surface area contributed by atoms with Crippen molar-refractivity contribution in [1.29, 1.82) is 0 Å². The quantitative estimate of drug-likeness (QED) is 0.826. The number of carboxylic acids is 1. The van der Waals surface area contributed by atoms with E-state index in [0.717, 1.165) is 5.56 Å². The molecule has 1 rings (SSSR count). The maximum Gasteiger partial charge on any atom is 0.307 e. The zero-order valence-electron chi connectivity index (χ0n) is 7.90. The SMILES string of the molecule is Cc1cc(F)c(Cl)c(CC(=O)O)c1C. The predicted octanol–water partition coefficient (Wildman–Crippen LogP) is 2.72. The lowest BCUT2D eigenvalue weighted by Crippen LogP contribution is -2.05. The second-order valence-corrected chi connectivity index (χ2v) is 3.54. The molecular weight excluding hydrogens is 207 g/mol. The molecule has 0 saturated heterocycles. The van der Waals surface area contributed by atoms with Gasteiger partial charge in [-0.3, -0.25) is 4.79 Å². The zero-order valence-corrected chi connectivity index (χ0v) is 8.65. The van der Waals surface area contributed by atoms with Gasteiger partial charge in [-0.05, 0) is 36.6 Å². The van der Waals surface area contributed by atoms with Crippen LogP contribution in [0.3, 0.4) is 0 Å². The van der Waals surface area contributed by atoms with Crippen molar-refractivity contribution in [3.05, 3.63) is 33.6 Å². The molecule has 0 unspecified atom stereocenters. The van der Waals surface area contributed by atoms with Gasteiger partial charge in [-0.15, -0.1) is 0 Å². The average Bonchev–Trinajstić information content (AvgIpc) is 2.09. The van der Waals surface area contributed by atoms with Gasteiger partial charge in [-0.25, -0.2) is 4.39 Å². The smallest absolute Gasteiger partial charge is 0.307 e. The normalized spacial score (nSPS) is 10.3. The molecule has 0 bridgehead atoms. The van der Waals surface area contributed by atoms with Crippen molar-refractivity contribution < 1.29 is 14.3 Å². The van der Waals surface area contributed by atoms with Crippen LogP contribution in [0, 0.1) is 19.7 Å². The Morgan fingerprint density at radius 3 is 2.64 bits per heavy atom. The van der Waals surface area contributed by atoms with E-state index in [1.165, 1.54) is 6.07 Å². The van der Waals surface area contributed by atoms with Gasteiger partial charge in [0.15, 0.2) is 0 Å². The van der Waals surface area contributed by atoms with Gasteiger partial charge in [0.05, 0.1) is 11.4 Å². The van der Waals surface area contributed by atoms with Crippen molar-refractivity contribution in [2.45, 2.75) is 20.3 Å². The van der Waals surface area contributed by atoms with Crippen molar-refractivity contribution in [2.24, 2.45) is 0 Å². The van der Waals surface area contributed by atoms with Gasteiger partial charge in [0.25, 0.3) is 0 Å². The van der Waals surface area contributed by atoms with E-state index >= 15 is 0 Å². The molecule has 0 heterocycles. The highest BCUT2D eigenvalue weighted by atomic mass is 35.5. The lowest BCUT2D eigenvalue weighted by molar-refractivity contribution is -0.136. The standard InChI is InChI=1S/C10H10ClFO2/c1-5-3-8(12)10(11)7(6(5)2)4-9(13)14/h3H,4H2,1-2H3,(H,13,14). The number of hydrogen-bond acceptors (Lipinski definition) is 1. The summed E-state index contributed by atoms with van der Waals surface area (Å²) in [4.78, 5) is 10.5. The largest absolute Gasteiger partial charge is 0.481 e. The van der Waals surface area contributed by atoms with E-state index in [2.05, 4.69) is 0 Å². The van der Waals surface area contributed by atoms with E-state index in [-0.39, 0.29) is 11.4 Å². The van der Waals surface area contributed by atoms with Crippen LogP contribution in [0.5, 0.6) is 0 Å². The van der Waals surface area contributed by atoms with Crippen molar-refractivity contribution in [1.82, 2.24) is 0 Å². The maximum absolute atomic E-state index is 13.1. The van der Waals surface area contributed by atoms with Crippen LogP contribution in [0.25, 0.3) is 0 Å². The van der Waals surface area contributed by atoms with E-state index in [4.69, 9.17) is 16.7 Å². The van der Waals surface area contributed by atoms with Gasteiger partial charge in [0.2, 0.25) is 0 Å². The lowest BCUT2D eigenvalue weighted by Gasteiger charge is -2.09. The Bertz CT molecular complexity index is 362. The molecular formula is C10H10ClFO2. The predicted molar refractivity (Wildman–Crippen MR) is 52.2 cm³/mol. The van der Waals surface area contributed by atoms with Crippen LogP contribution in [-0.2, 0) is 11.2 Å². The molecule has 0 amide bonds. The number of aliphatic carboxylic acids is 1. The first kappa shape index (κ1) is 11.0. The molecule has 4 heteroatoms. The molecule has 14 heavy (non-hydrogen) atoms. The Balaban J connectivity index is 3.31. The molecule has 0 aliphatic rings. The topological polar surface area (TPSA) is 37.3 Å². The lowest BCUT2D eigenvalue weighted by atomic mass is 10.0. The molecule has 1 N–H and O–H groups in total. The summed E-state index contributed by atoms with van der Waals surface area (Å²) < 4.78 is 13.1. The van der Waals surface area contributed by atoms with Crippen LogP contribution in [-0.4, -0.2) is 11.1 Å². The Kier molecular flexibility index (Phi) is 3.11. The first-order valence-corrected chi connectivity index (χ1v) is 4.47. The zero-order chi connectivity index (χ0) is 10.9. The van der Waals surface area contributed by atoms with Crippen molar-refractivity contribution in [3.8, 4) is 0 Å². The Morgan fingerprint density at radius 2 is 2.14 bits per heavy atom. The van der Waals surface area contributed by atoms with Crippen LogP contribution in [0.15, 0.2) is 6.07 Å². The number of carbonyl (C=O) groups is 1. The van der Waals surface area contributed by atoms with E-state index in [9.17, 15) is 9.18 Å². The minimum Gasteiger partial charge on any atom is -0.481 e. The minimum absolute atomic E-state index is 0.0875. The van der Waals surface area contributed by atoms with Gasteiger partial charge >= 0.3 is 5.97 Å². The Morgan fingerprint density at radius 1 is 1.57 bits per heavy atom. The first-order valence-electron chi connectivity index (χ1n) is 4.09. The third kappa shape index (κ3) is 2.04. The minimum atomic E-state index is -1.01. The summed E-state index contributed by atoms with van der Waals surface area (Å²) in [7, 11) is 0. The van der Waals surface area contributed by atoms with Crippen molar-refractivity contribution >= 4 is 17.6 Å². The number of benzene rings is 1. The molecule has 0 aliphatic heterocycles. The molecule has 0 fully saturated rings. The van der Waals surface area contributed by atoms with Crippen LogP contribution >= 0.6 is 11.6 Å². The summed E-state index contributed by atoms with van der Waals surface area (Å²) >= 11 is 5.68. The maximum atomic E-state index is 13.1. The molecule has 2 nitrogen and oxygen atoms in total. The number of aryl methyl sites for hydroxylation is 1. The van der Waals surface area contributed by atoms with Gasteiger partial charge in [0.1, 0.15) is 5.82 Å². The van der Waals surface area contributed by atoms with Gasteiger partial charge in [-0.2, -0.15) is 0 Å². The fourth-order valence-corrected chi connectivity index (χ4v) is 1.53. The van der Waals surface area contributed by atoms with E-state index in [1.54, 1.807) is 13.8 Å². The second kappa shape index (κ2) is 3.96. The Hall–Kier alpha value is -1.09. The van der Waals surface area contributed by atoms with Crippen LogP contribution in [0.1, 0.15) is 16.7 Å². The summed E-state index contributed by atoms with van der Waals surface area (Å²) in [5.74, 6) is -1.58. The van der Waals surface area contributed by atoms with Crippen molar-refractivity contribution in [3.63, 3.8) is 0 Å². The van der Waals surface area contributed by atoms with E-state index in [0.29, 0.717) is 11.1 Å². The highest BCUT2D eigenvalue weighted by molar-refractivity contribution is 6.31. The van der Waals surface area contributed by atoms with Crippen LogP contribution in [0.4, 0.5) is 4.39 Å². The monoisotopic (exact) mass is 216 g/mol. The van der Waals surface area contributed by atoms with Crippen LogP contribution in [0.2, 0.25) is 5.02 Å². The fourth-order valence-electron chi connectivity index (χ4n) is 1.27. The first-order chi connectivity index (χ1) is 6.43. The third-order valence-electron chi connectivity index (χ3n) is 2.19. The molecule has 1 aromatic carbocycles. The van der Waals surface area contributed by atoms with Crippen molar-refractivity contribution in [2.75, 3.05) is 0 Å². The third-order valence-corrected chi connectivity index (χ3v) is 2.60. The van der Waals surface area contributed by atoms with Crippen LogP contribution < -0.4 is 0 Å². The van der Waals surface area contributed by atoms with Gasteiger partial charge in [0, 0.05) is 0 Å².